The van der Waals surface area contributed by atoms with E-state index in [0.717, 1.165) is 30.6 Å². The monoisotopic (exact) mass is 266 g/mol. The third-order valence-corrected chi connectivity index (χ3v) is 5.37. The molecule has 0 bridgehead atoms. The highest BCUT2D eigenvalue weighted by molar-refractivity contribution is 4.93. The molecule has 1 saturated heterocycles. The van der Waals surface area contributed by atoms with Crippen molar-refractivity contribution in [3.8, 4) is 0 Å². The number of likely N-dealkylation sites (N-methyl/N-ethyl adjacent to an activating group) is 1. The lowest BCUT2D eigenvalue weighted by molar-refractivity contribution is 0.0633. The Labute approximate surface area is 120 Å². The SMILES string of the molecule is CCNC1CCC(C)CC1N1CCCCCC1CC. The van der Waals surface area contributed by atoms with Crippen LogP contribution in [0.2, 0.25) is 0 Å². The van der Waals surface area contributed by atoms with Crippen LogP contribution in [-0.4, -0.2) is 36.1 Å². The molecule has 1 heterocycles. The number of nitrogens with zero attached hydrogens (tertiary/aromatic N) is 1. The van der Waals surface area contributed by atoms with E-state index in [2.05, 4.69) is 31.0 Å². The van der Waals surface area contributed by atoms with Crippen molar-refractivity contribution in [2.24, 2.45) is 5.92 Å². The van der Waals surface area contributed by atoms with Crippen LogP contribution >= 0.6 is 0 Å². The molecule has 0 aromatic rings. The quantitative estimate of drug-likeness (QED) is 0.832. The first-order chi connectivity index (χ1) is 9.26. The van der Waals surface area contributed by atoms with Gasteiger partial charge in [-0.1, -0.05) is 33.6 Å². The molecule has 4 unspecified atom stereocenters. The molecule has 4 atom stereocenters. The van der Waals surface area contributed by atoms with E-state index in [4.69, 9.17) is 0 Å². The molecule has 2 fully saturated rings. The van der Waals surface area contributed by atoms with Crippen molar-refractivity contribution in [3.05, 3.63) is 0 Å². The fourth-order valence-electron chi connectivity index (χ4n) is 4.29. The zero-order valence-electron chi connectivity index (χ0n) is 13.3. The second-order valence-corrected chi connectivity index (χ2v) is 6.80. The molecule has 2 nitrogen and oxygen atoms in total. The third kappa shape index (κ3) is 3.95. The molecule has 112 valence electrons. The van der Waals surface area contributed by atoms with E-state index in [1.54, 1.807) is 0 Å². The lowest BCUT2D eigenvalue weighted by Crippen LogP contribution is -2.55. The number of likely N-dealkylation sites (tertiary alicyclic amines) is 1. The number of rotatable bonds is 4. The zero-order chi connectivity index (χ0) is 13.7. The van der Waals surface area contributed by atoms with Gasteiger partial charge in [0.1, 0.15) is 0 Å². The van der Waals surface area contributed by atoms with Gasteiger partial charge in [0.25, 0.3) is 0 Å². The Morgan fingerprint density at radius 2 is 1.89 bits per heavy atom. The fraction of sp³-hybridized carbons (Fsp3) is 1.00. The highest BCUT2D eigenvalue weighted by Gasteiger charge is 2.35. The first kappa shape index (κ1) is 15.3. The van der Waals surface area contributed by atoms with E-state index in [9.17, 15) is 0 Å². The van der Waals surface area contributed by atoms with Crippen LogP contribution < -0.4 is 5.32 Å². The van der Waals surface area contributed by atoms with Crippen LogP contribution in [-0.2, 0) is 0 Å². The molecule has 0 amide bonds. The molecule has 19 heavy (non-hydrogen) atoms. The van der Waals surface area contributed by atoms with E-state index < -0.39 is 0 Å². The van der Waals surface area contributed by atoms with Gasteiger partial charge in [-0.05, 0) is 57.5 Å². The lowest BCUT2D eigenvalue weighted by Gasteiger charge is -2.45. The van der Waals surface area contributed by atoms with Crippen molar-refractivity contribution in [3.63, 3.8) is 0 Å². The van der Waals surface area contributed by atoms with E-state index in [0.29, 0.717) is 0 Å². The van der Waals surface area contributed by atoms with Crippen molar-refractivity contribution in [2.45, 2.75) is 90.3 Å². The summed E-state index contributed by atoms with van der Waals surface area (Å²) in [7, 11) is 0. The Morgan fingerprint density at radius 1 is 1.05 bits per heavy atom. The topological polar surface area (TPSA) is 15.3 Å². The summed E-state index contributed by atoms with van der Waals surface area (Å²) in [5, 5.41) is 3.78. The van der Waals surface area contributed by atoms with Gasteiger partial charge in [-0.25, -0.2) is 0 Å². The average Bonchev–Trinajstić information content (AvgIpc) is 2.66. The smallest absolute Gasteiger partial charge is 0.0254 e. The Kier molecular flexibility index (Phi) is 6.15. The second-order valence-electron chi connectivity index (χ2n) is 6.80. The lowest BCUT2D eigenvalue weighted by atomic mass is 9.81. The van der Waals surface area contributed by atoms with Crippen molar-refractivity contribution in [1.29, 1.82) is 0 Å². The summed E-state index contributed by atoms with van der Waals surface area (Å²) in [5.74, 6) is 0.917. The summed E-state index contributed by atoms with van der Waals surface area (Å²) in [4.78, 5) is 2.90. The van der Waals surface area contributed by atoms with Gasteiger partial charge in [0.2, 0.25) is 0 Å². The normalized spacial score (nSPS) is 38.1. The summed E-state index contributed by atoms with van der Waals surface area (Å²) in [6.45, 7) is 9.57. The van der Waals surface area contributed by atoms with Crippen LogP contribution in [0.5, 0.6) is 0 Å². The van der Waals surface area contributed by atoms with Gasteiger partial charge in [0.05, 0.1) is 0 Å². The van der Waals surface area contributed by atoms with E-state index in [1.165, 1.54) is 57.9 Å². The minimum absolute atomic E-state index is 0.744. The van der Waals surface area contributed by atoms with E-state index in [1.807, 2.05) is 0 Å². The molecule has 2 heteroatoms. The molecule has 0 aromatic heterocycles. The van der Waals surface area contributed by atoms with Crippen LogP contribution in [0.3, 0.4) is 0 Å². The van der Waals surface area contributed by atoms with Gasteiger partial charge >= 0.3 is 0 Å². The van der Waals surface area contributed by atoms with Crippen molar-refractivity contribution < 1.29 is 0 Å². The Morgan fingerprint density at radius 3 is 2.63 bits per heavy atom. The Hall–Kier alpha value is -0.0800. The maximum Gasteiger partial charge on any atom is 0.0254 e. The maximum absolute atomic E-state index is 3.78. The minimum Gasteiger partial charge on any atom is -0.313 e. The van der Waals surface area contributed by atoms with Crippen molar-refractivity contribution in [1.82, 2.24) is 10.2 Å². The number of hydrogen-bond donors (Lipinski definition) is 1. The molecule has 2 rings (SSSR count). The average molecular weight is 266 g/mol. The third-order valence-electron chi connectivity index (χ3n) is 5.37. The maximum atomic E-state index is 3.78. The summed E-state index contributed by atoms with van der Waals surface area (Å²) < 4.78 is 0. The van der Waals surface area contributed by atoms with Gasteiger partial charge in [0.15, 0.2) is 0 Å². The van der Waals surface area contributed by atoms with Crippen molar-refractivity contribution in [2.75, 3.05) is 13.1 Å². The predicted octanol–water partition coefficient (Wildman–Crippen LogP) is 3.81. The molecule has 2 aliphatic rings. The summed E-state index contributed by atoms with van der Waals surface area (Å²) in [5.41, 5.74) is 0. The van der Waals surface area contributed by atoms with E-state index >= 15 is 0 Å². The minimum atomic E-state index is 0.744. The highest BCUT2D eigenvalue weighted by Crippen LogP contribution is 2.32. The van der Waals surface area contributed by atoms with Crippen LogP contribution in [0.4, 0.5) is 0 Å². The largest absolute Gasteiger partial charge is 0.313 e. The van der Waals surface area contributed by atoms with Gasteiger partial charge in [-0.2, -0.15) is 0 Å². The van der Waals surface area contributed by atoms with Gasteiger partial charge in [0, 0.05) is 18.1 Å². The Bertz CT molecular complexity index is 254. The van der Waals surface area contributed by atoms with Gasteiger partial charge < -0.3 is 5.32 Å². The van der Waals surface area contributed by atoms with E-state index in [-0.39, 0.29) is 0 Å². The van der Waals surface area contributed by atoms with Crippen LogP contribution in [0.15, 0.2) is 0 Å². The molecular weight excluding hydrogens is 232 g/mol. The predicted molar refractivity (Wildman–Crippen MR) is 83.5 cm³/mol. The second kappa shape index (κ2) is 7.64. The molecule has 1 aliphatic carbocycles. The molecule has 0 radical (unpaired) electrons. The van der Waals surface area contributed by atoms with Crippen LogP contribution in [0.1, 0.15) is 72.1 Å². The zero-order valence-corrected chi connectivity index (χ0v) is 13.3. The van der Waals surface area contributed by atoms with Crippen molar-refractivity contribution >= 4 is 0 Å². The molecule has 1 aliphatic heterocycles. The summed E-state index contributed by atoms with van der Waals surface area (Å²) >= 11 is 0. The number of hydrogen-bond acceptors (Lipinski definition) is 2. The fourth-order valence-corrected chi connectivity index (χ4v) is 4.29. The standard InChI is InChI=1S/C17H34N2/c1-4-15-9-7-6-8-12-19(15)17-13-14(3)10-11-16(17)18-5-2/h14-18H,4-13H2,1-3H3. The Balaban J connectivity index is 2.08. The highest BCUT2D eigenvalue weighted by atomic mass is 15.2. The summed E-state index contributed by atoms with van der Waals surface area (Å²) in [6.07, 6.45) is 11.3. The van der Waals surface area contributed by atoms with Gasteiger partial charge in [-0.3, -0.25) is 4.90 Å². The molecule has 0 spiro atoms. The van der Waals surface area contributed by atoms with Gasteiger partial charge in [-0.15, -0.1) is 0 Å². The summed E-state index contributed by atoms with van der Waals surface area (Å²) in [6, 6.07) is 2.39. The van der Waals surface area contributed by atoms with Crippen LogP contribution in [0, 0.1) is 5.92 Å². The first-order valence-corrected chi connectivity index (χ1v) is 8.75. The van der Waals surface area contributed by atoms with Crippen LogP contribution in [0.25, 0.3) is 0 Å². The first-order valence-electron chi connectivity index (χ1n) is 8.75. The molecule has 0 aromatic carbocycles. The number of nitrogens with one attached hydrogen (secondary N) is 1. The molecule has 1 N–H and O–H groups in total. The molecule has 1 saturated carbocycles. The molecular formula is C17H34N2.